The molecule has 1 amide bonds. The van der Waals surface area contributed by atoms with E-state index in [1.54, 1.807) is 0 Å². The largest absolute Gasteiger partial charge is 0.329 e. The molecule has 0 spiro atoms. The van der Waals surface area contributed by atoms with Crippen LogP contribution in [0.25, 0.3) is 10.8 Å². The Labute approximate surface area is 180 Å². The third kappa shape index (κ3) is 5.48. The molecule has 3 aromatic rings. The van der Waals surface area contributed by atoms with Crippen LogP contribution in [-0.2, 0) is 4.79 Å². The summed E-state index contributed by atoms with van der Waals surface area (Å²) in [6.45, 7) is 6.80. The quantitative estimate of drug-likeness (QED) is 0.346. The lowest BCUT2D eigenvalue weighted by atomic mass is 9.87. The lowest BCUT2D eigenvalue weighted by molar-refractivity contribution is -0.105. The van der Waals surface area contributed by atoms with Crippen molar-refractivity contribution in [2.24, 2.45) is 0 Å². The number of fused-ring (bicyclic) bond motifs is 1. The molecular weight excluding hydrogens is 368 g/mol. The van der Waals surface area contributed by atoms with E-state index >= 15 is 0 Å². The van der Waals surface area contributed by atoms with Gasteiger partial charge in [-0.25, -0.2) is 0 Å². The van der Waals surface area contributed by atoms with Gasteiger partial charge in [0.15, 0.2) is 0 Å². The number of nitrogens with one attached hydrogen (secondary N) is 2. The topological polar surface area (TPSA) is 41.1 Å². The summed E-state index contributed by atoms with van der Waals surface area (Å²) in [5, 5.41) is 9.26. The van der Waals surface area contributed by atoms with Crippen molar-refractivity contribution in [1.82, 2.24) is 5.32 Å². The Morgan fingerprint density at radius 2 is 1.67 bits per heavy atom. The van der Waals surface area contributed by atoms with Gasteiger partial charge in [-0.1, -0.05) is 74.9 Å². The highest BCUT2D eigenvalue weighted by molar-refractivity contribution is 5.86. The zero-order valence-electron chi connectivity index (χ0n) is 18.4. The van der Waals surface area contributed by atoms with Crippen LogP contribution < -0.4 is 10.6 Å². The molecule has 3 unspecified atom stereocenters. The van der Waals surface area contributed by atoms with E-state index in [2.05, 4.69) is 86.0 Å². The Morgan fingerprint density at radius 3 is 2.37 bits per heavy atom. The fraction of sp³-hybridized carbons (Fsp3) is 0.370. The number of anilines is 1. The molecule has 3 heteroatoms. The fourth-order valence-electron chi connectivity index (χ4n) is 4.46. The van der Waals surface area contributed by atoms with Gasteiger partial charge in [-0.15, -0.1) is 0 Å². The van der Waals surface area contributed by atoms with Crippen molar-refractivity contribution in [3.63, 3.8) is 0 Å². The van der Waals surface area contributed by atoms with Crippen LogP contribution >= 0.6 is 0 Å². The molecule has 0 aliphatic carbocycles. The van der Waals surface area contributed by atoms with E-state index in [-0.39, 0.29) is 0 Å². The van der Waals surface area contributed by atoms with Gasteiger partial charge in [-0.3, -0.25) is 4.79 Å². The van der Waals surface area contributed by atoms with Gasteiger partial charge in [0, 0.05) is 17.8 Å². The summed E-state index contributed by atoms with van der Waals surface area (Å²) in [5.41, 5.74) is 3.56. The third-order valence-electron chi connectivity index (χ3n) is 6.08. The molecule has 0 aliphatic rings. The Balaban J connectivity index is 1.74. The minimum Gasteiger partial charge on any atom is -0.329 e. The normalized spacial score (nSPS) is 14.2. The van der Waals surface area contributed by atoms with Crippen LogP contribution in [0.2, 0.25) is 0 Å². The van der Waals surface area contributed by atoms with Gasteiger partial charge < -0.3 is 10.6 Å². The van der Waals surface area contributed by atoms with E-state index in [1.165, 1.54) is 28.3 Å². The Hall–Kier alpha value is -2.65. The first kappa shape index (κ1) is 22.0. The zero-order valence-corrected chi connectivity index (χ0v) is 18.4. The monoisotopic (exact) mass is 402 g/mol. The predicted molar refractivity (Wildman–Crippen MR) is 128 cm³/mol. The molecule has 0 saturated carbocycles. The van der Waals surface area contributed by atoms with Crippen molar-refractivity contribution in [2.75, 3.05) is 5.32 Å². The highest BCUT2D eigenvalue weighted by atomic mass is 16.1. The summed E-state index contributed by atoms with van der Waals surface area (Å²) < 4.78 is 0. The van der Waals surface area contributed by atoms with Crippen molar-refractivity contribution in [2.45, 2.75) is 64.5 Å². The summed E-state index contributed by atoms with van der Waals surface area (Å²) >= 11 is 0. The van der Waals surface area contributed by atoms with Crippen molar-refractivity contribution >= 4 is 22.9 Å². The van der Waals surface area contributed by atoms with Gasteiger partial charge in [-0.05, 0) is 66.1 Å². The molecule has 2 N–H and O–H groups in total. The minimum absolute atomic E-state index is 0.294. The van der Waals surface area contributed by atoms with Crippen LogP contribution in [0.3, 0.4) is 0 Å². The predicted octanol–water partition coefficient (Wildman–Crippen LogP) is 6.81. The Bertz CT molecular complexity index is 930. The van der Waals surface area contributed by atoms with E-state index in [1.807, 2.05) is 12.1 Å². The van der Waals surface area contributed by atoms with Gasteiger partial charge in [0.2, 0.25) is 6.41 Å². The van der Waals surface area contributed by atoms with Crippen LogP contribution in [0.4, 0.5) is 5.69 Å². The molecule has 0 aromatic heterocycles. The van der Waals surface area contributed by atoms with E-state index < -0.39 is 0 Å². The van der Waals surface area contributed by atoms with Crippen molar-refractivity contribution < 1.29 is 4.79 Å². The SMILES string of the molecule is CCCC(CC(CC)NC(C)c1cccc2ccccc12)c1ccc(NC=O)cc1. The van der Waals surface area contributed by atoms with Crippen molar-refractivity contribution in [3.8, 4) is 0 Å². The van der Waals surface area contributed by atoms with Gasteiger partial charge in [0.25, 0.3) is 0 Å². The second-order valence-electron chi connectivity index (χ2n) is 8.17. The van der Waals surface area contributed by atoms with E-state index in [0.29, 0.717) is 18.0 Å². The highest BCUT2D eigenvalue weighted by Gasteiger charge is 2.19. The Kier molecular flexibility index (Phi) is 8.04. The molecule has 3 atom stereocenters. The highest BCUT2D eigenvalue weighted by Crippen LogP contribution is 2.30. The van der Waals surface area contributed by atoms with Gasteiger partial charge >= 0.3 is 0 Å². The number of benzene rings is 3. The van der Waals surface area contributed by atoms with E-state index in [9.17, 15) is 4.79 Å². The number of hydrogen-bond donors (Lipinski definition) is 2. The average Bonchev–Trinajstić information content (AvgIpc) is 2.78. The summed E-state index contributed by atoms with van der Waals surface area (Å²) in [6.07, 6.45) is 5.26. The number of carbonyl (C=O) groups excluding carboxylic acids is 1. The van der Waals surface area contributed by atoms with Crippen molar-refractivity contribution in [3.05, 3.63) is 77.9 Å². The van der Waals surface area contributed by atoms with Gasteiger partial charge in [0.1, 0.15) is 0 Å². The van der Waals surface area contributed by atoms with Crippen molar-refractivity contribution in [1.29, 1.82) is 0 Å². The first-order valence-corrected chi connectivity index (χ1v) is 11.2. The lowest BCUT2D eigenvalue weighted by Gasteiger charge is -2.28. The summed E-state index contributed by atoms with van der Waals surface area (Å²) in [5.74, 6) is 0.512. The molecule has 0 bridgehead atoms. The molecule has 30 heavy (non-hydrogen) atoms. The summed E-state index contributed by atoms with van der Waals surface area (Å²) in [4.78, 5) is 10.7. The Morgan fingerprint density at radius 1 is 0.933 bits per heavy atom. The standard InChI is InChI=1S/C27H34N2O/c1-4-9-23(21-14-16-25(17-15-21)28-19-30)18-24(5-2)29-20(3)26-13-8-11-22-10-6-7-12-27(22)26/h6-8,10-17,19-20,23-24,29H,4-5,9,18H2,1-3H3,(H,28,30). The molecular formula is C27H34N2O. The maximum Gasteiger partial charge on any atom is 0.211 e. The zero-order chi connectivity index (χ0) is 21.3. The molecule has 3 rings (SSSR count). The maximum atomic E-state index is 10.7. The molecule has 0 fully saturated rings. The second-order valence-corrected chi connectivity index (χ2v) is 8.17. The number of carbonyl (C=O) groups is 1. The minimum atomic E-state index is 0.294. The van der Waals surface area contributed by atoms with Crippen LogP contribution in [0, 0.1) is 0 Å². The van der Waals surface area contributed by atoms with Gasteiger partial charge in [0.05, 0.1) is 0 Å². The molecule has 3 nitrogen and oxygen atoms in total. The molecule has 0 radical (unpaired) electrons. The third-order valence-corrected chi connectivity index (χ3v) is 6.08. The van der Waals surface area contributed by atoms with Crippen LogP contribution in [0.1, 0.15) is 69.5 Å². The van der Waals surface area contributed by atoms with E-state index in [4.69, 9.17) is 0 Å². The first-order valence-electron chi connectivity index (χ1n) is 11.2. The van der Waals surface area contributed by atoms with Crippen LogP contribution in [0.5, 0.6) is 0 Å². The summed E-state index contributed by atoms with van der Waals surface area (Å²) in [6, 6.07) is 24.3. The smallest absolute Gasteiger partial charge is 0.211 e. The number of hydrogen-bond acceptors (Lipinski definition) is 2. The van der Waals surface area contributed by atoms with Gasteiger partial charge in [-0.2, -0.15) is 0 Å². The molecule has 0 aliphatic heterocycles. The van der Waals surface area contributed by atoms with Crippen LogP contribution in [0.15, 0.2) is 66.7 Å². The van der Waals surface area contributed by atoms with E-state index in [0.717, 1.165) is 31.4 Å². The molecule has 0 saturated heterocycles. The molecule has 158 valence electrons. The average molecular weight is 403 g/mol. The fourth-order valence-corrected chi connectivity index (χ4v) is 4.46. The molecule has 0 heterocycles. The van der Waals surface area contributed by atoms with Crippen LogP contribution in [-0.4, -0.2) is 12.5 Å². The molecule has 3 aromatic carbocycles. The number of rotatable bonds is 11. The number of amides is 1. The summed E-state index contributed by atoms with van der Waals surface area (Å²) in [7, 11) is 0. The first-order chi connectivity index (χ1) is 14.7. The maximum absolute atomic E-state index is 10.7. The lowest BCUT2D eigenvalue weighted by Crippen LogP contribution is -2.32. The second kappa shape index (κ2) is 10.9.